The molecule has 0 heterocycles. The average Bonchev–Trinajstić information content (AvgIpc) is 2.24. The summed E-state index contributed by atoms with van der Waals surface area (Å²) in [6.45, 7) is -12.3. The average molecular weight is 706 g/mol. The quantitative estimate of drug-likeness (QED) is 0.159. The van der Waals surface area contributed by atoms with Gasteiger partial charge in [-0.05, 0) is 0 Å². The summed E-state index contributed by atoms with van der Waals surface area (Å²) in [6.07, 6.45) is 0. The van der Waals surface area contributed by atoms with Crippen LogP contribution in [0.25, 0.3) is 0 Å². The largest absolute Gasteiger partial charge is 0.481 e. The van der Waals surface area contributed by atoms with E-state index in [0.717, 1.165) is 27.7 Å². The summed E-state index contributed by atoms with van der Waals surface area (Å²) >= 11 is 16.8. The summed E-state index contributed by atoms with van der Waals surface area (Å²) in [4.78, 5) is 95.2. The van der Waals surface area contributed by atoms with Crippen molar-refractivity contribution >= 4 is 96.6 Å². The van der Waals surface area contributed by atoms with Crippen LogP contribution in [0.1, 0.15) is 27.7 Å². The molecule has 0 amide bonds. The van der Waals surface area contributed by atoms with Gasteiger partial charge in [0.05, 0.1) is 0 Å². The molecule has 0 saturated heterocycles. The van der Waals surface area contributed by atoms with Crippen molar-refractivity contribution in [2.24, 2.45) is 0 Å². The van der Waals surface area contributed by atoms with Crippen LogP contribution in [0.5, 0.6) is 0 Å². The predicted molar refractivity (Wildman–Crippen MR) is 125 cm³/mol. The summed E-state index contributed by atoms with van der Waals surface area (Å²) in [7, 11) is 0. The molecular formula is C8H24Cl4O20P4. The Morgan fingerprint density at radius 1 is 0.389 bits per heavy atom. The Morgan fingerprint density at radius 2 is 0.389 bits per heavy atom. The van der Waals surface area contributed by atoms with Gasteiger partial charge in [-0.1, -0.05) is 0 Å². The zero-order valence-electron chi connectivity index (χ0n) is 17.9. The fraction of sp³-hybridized carbons (Fsp3) is 0.500. The normalized spacial score (nSPS) is 9.33. The lowest BCUT2D eigenvalue weighted by Gasteiger charge is -1.80. The van der Waals surface area contributed by atoms with Gasteiger partial charge in [0.25, 0.3) is 23.9 Å². The minimum atomic E-state index is -4.17. The molecule has 0 spiro atoms. The highest BCUT2D eigenvalue weighted by molar-refractivity contribution is 7.80. The number of halogens is 4. The van der Waals surface area contributed by atoms with Crippen molar-refractivity contribution in [1.29, 1.82) is 0 Å². The SMILES string of the molecule is CC(=O)O.CC(=O)O.CC(=O)O.CC(=O)O.O=P(O)(O)Cl.O=P(O)(O)Cl.O=P(O)(O)Cl.O=P(O)(O)Cl. The second-order valence-electron chi connectivity index (χ2n) is 3.97. The van der Waals surface area contributed by atoms with Crippen molar-refractivity contribution in [2.75, 3.05) is 0 Å². The first kappa shape index (κ1) is 56.0. The van der Waals surface area contributed by atoms with Gasteiger partial charge in [0.1, 0.15) is 0 Å². The first-order valence-electron chi connectivity index (χ1n) is 6.72. The minimum absolute atomic E-state index is 0.833. The lowest BCUT2D eigenvalue weighted by atomic mass is 10.9. The smallest absolute Gasteiger partial charge is 0.419 e. The highest BCUT2D eigenvalue weighted by atomic mass is 35.7. The Morgan fingerprint density at radius 3 is 0.389 bits per heavy atom. The van der Waals surface area contributed by atoms with Gasteiger partial charge in [0, 0.05) is 72.7 Å². The van der Waals surface area contributed by atoms with Crippen LogP contribution in [0, 0.1) is 0 Å². The van der Waals surface area contributed by atoms with Crippen molar-refractivity contribution in [1.82, 2.24) is 0 Å². The van der Waals surface area contributed by atoms with Gasteiger partial charge in [-0.25, -0.2) is 18.3 Å². The van der Waals surface area contributed by atoms with Crippen molar-refractivity contribution < 1.29 is 97.0 Å². The van der Waals surface area contributed by atoms with Crippen molar-refractivity contribution in [2.45, 2.75) is 27.7 Å². The molecular weight excluding hydrogens is 682 g/mol. The van der Waals surface area contributed by atoms with E-state index in [1.165, 1.54) is 0 Å². The predicted octanol–water partition coefficient (Wildman–Crippen LogP) is 1.64. The number of carbonyl (C=O) groups is 4. The molecule has 0 aliphatic carbocycles. The van der Waals surface area contributed by atoms with Crippen LogP contribution in [0.3, 0.4) is 0 Å². The summed E-state index contributed by atoms with van der Waals surface area (Å²) in [5, 5.41) is 29.7. The molecule has 12 N–H and O–H groups in total. The van der Waals surface area contributed by atoms with Crippen LogP contribution in [0.15, 0.2) is 0 Å². The van der Waals surface area contributed by atoms with Gasteiger partial charge < -0.3 is 59.6 Å². The third-order valence-corrected chi connectivity index (χ3v) is 0. The molecule has 0 saturated carbocycles. The number of rotatable bonds is 0. The zero-order chi connectivity index (χ0) is 32.3. The summed E-state index contributed by atoms with van der Waals surface area (Å²) in [6, 6.07) is 0. The van der Waals surface area contributed by atoms with E-state index < -0.39 is 51.7 Å². The first-order chi connectivity index (χ1) is 14.9. The van der Waals surface area contributed by atoms with Crippen LogP contribution < -0.4 is 0 Å². The van der Waals surface area contributed by atoms with Gasteiger partial charge in [-0.2, -0.15) is 0 Å². The lowest BCUT2D eigenvalue weighted by molar-refractivity contribution is -0.135. The molecule has 0 aromatic carbocycles. The molecule has 36 heavy (non-hydrogen) atoms. The number of hydrogen-bond donors (Lipinski definition) is 12. The van der Waals surface area contributed by atoms with E-state index in [1.807, 2.05) is 0 Å². The molecule has 0 aliphatic heterocycles. The maximum absolute atomic E-state index is 9.09. The van der Waals surface area contributed by atoms with Crippen LogP contribution >= 0.6 is 72.8 Å². The van der Waals surface area contributed by atoms with E-state index in [1.54, 1.807) is 0 Å². The molecule has 0 rings (SSSR count). The summed E-state index contributed by atoms with van der Waals surface area (Å²) in [5.41, 5.74) is 0. The summed E-state index contributed by atoms with van der Waals surface area (Å²) < 4.78 is 36.4. The highest BCUT2D eigenvalue weighted by Crippen LogP contribution is 2.41. The molecule has 0 atom stereocenters. The van der Waals surface area contributed by atoms with Crippen LogP contribution in [-0.2, 0) is 37.4 Å². The van der Waals surface area contributed by atoms with E-state index in [0.29, 0.717) is 0 Å². The lowest BCUT2D eigenvalue weighted by Crippen LogP contribution is -1.78. The molecule has 0 aromatic rings. The Balaban J connectivity index is -0.0000000416. The van der Waals surface area contributed by atoms with Crippen LogP contribution in [0.2, 0.25) is 0 Å². The molecule has 0 fully saturated rings. The number of aliphatic carboxylic acids is 4. The minimum Gasteiger partial charge on any atom is -0.481 e. The maximum Gasteiger partial charge on any atom is 0.419 e. The van der Waals surface area contributed by atoms with Gasteiger partial charge in [-0.3, -0.25) is 19.2 Å². The van der Waals surface area contributed by atoms with Gasteiger partial charge >= 0.3 is 27.8 Å². The molecule has 0 radical (unpaired) electrons. The first-order valence-corrected chi connectivity index (χ1v) is 16.8. The Hall–Kier alpha value is -0.360. The fourth-order valence-corrected chi connectivity index (χ4v) is 0. The third-order valence-electron chi connectivity index (χ3n) is 0. The van der Waals surface area contributed by atoms with Gasteiger partial charge in [0.15, 0.2) is 0 Å². The molecule has 0 aliphatic rings. The van der Waals surface area contributed by atoms with E-state index >= 15 is 0 Å². The standard InChI is InChI=1S/4C2H4O2.4ClH2O3P/c4*1-2(3)4;4*1-5(2,3)4/h4*1H3,(H,3,4);4*(H2,2,3,4). The highest BCUT2D eigenvalue weighted by Gasteiger charge is 2.02. The van der Waals surface area contributed by atoms with Crippen LogP contribution in [0.4, 0.5) is 0 Å². The van der Waals surface area contributed by atoms with Crippen LogP contribution in [-0.4, -0.2) is 83.5 Å². The monoisotopic (exact) mass is 704 g/mol. The van der Waals surface area contributed by atoms with Crippen molar-refractivity contribution in [3.63, 3.8) is 0 Å². The second kappa shape index (κ2) is 30.9. The second-order valence-corrected chi connectivity index (χ2v) is 13.0. The van der Waals surface area contributed by atoms with Crippen molar-refractivity contribution in [3.8, 4) is 0 Å². The van der Waals surface area contributed by atoms with Crippen molar-refractivity contribution in [3.05, 3.63) is 0 Å². The number of carboxylic acid groups (broad SMARTS) is 4. The fourth-order valence-electron chi connectivity index (χ4n) is 0. The topological polar surface area (TPSA) is 379 Å². The summed E-state index contributed by atoms with van der Waals surface area (Å²) in [5.74, 6) is -3.33. The molecule has 28 heteroatoms. The van der Waals surface area contributed by atoms with E-state index in [4.69, 9.17) is 97.0 Å². The maximum atomic E-state index is 9.09. The molecule has 0 bridgehead atoms. The number of hydrogen-bond acceptors (Lipinski definition) is 8. The molecule has 224 valence electrons. The Labute approximate surface area is 221 Å². The molecule has 20 nitrogen and oxygen atoms in total. The third kappa shape index (κ3) is 277000. The number of carboxylic acids is 4. The van der Waals surface area contributed by atoms with E-state index in [2.05, 4.69) is 45.0 Å². The Kier molecular flexibility index (Phi) is 48.0. The zero-order valence-corrected chi connectivity index (χ0v) is 24.5. The molecule has 0 aromatic heterocycles. The van der Waals surface area contributed by atoms with Gasteiger partial charge in [0.2, 0.25) is 0 Å². The van der Waals surface area contributed by atoms with Gasteiger partial charge in [-0.15, -0.1) is 0 Å². The van der Waals surface area contributed by atoms with E-state index in [-0.39, 0.29) is 0 Å². The van der Waals surface area contributed by atoms with E-state index in [9.17, 15) is 0 Å². The molecule has 0 unspecified atom stereocenters. The Bertz CT molecular complexity index is 587.